The highest BCUT2D eigenvalue weighted by Gasteiger charge is 1.99. The fourth-order valence-electron chi connectivity index (χ4n) is 1.50. The first kappa shape index (κ1) is 9.73. The molecule has 0 unspecified atom stereocenters. The molecule has 78 valence electrons. The molecule has 0 fully saturated rings. The van der Waals surface area contributed by atoms with Crippen LogP contribution in [-0.4, -0.2) is 18.1 Å². The maximum Gasteiger partial charge on any atom is 0.191 e. The van der Waals surface area contributed by atoms with Gasteiger partial charge in [-0.15, -0.1) is 0 Å². The highest BCUT2D eigenvalue weighted by atomic mass is 16.1. The van der Waals surface area contributed by atoms with E-state index in [1.165, 1.54) is 0 Å². The lowest BCUT2D eigenvalue weighted by atomic mass is 10.2. The van der Waals surface area contributed by atoms with Gasteiger partial charge in [-0.25, -0.2) is 0 Å². The number of para-hydroxylation sites is 1. The molecule has 1 aromatic heterocycles. The Morgan fingerprint density at radius 1 is 1.33 bits per heavy atom. The molecular weight excluding hydrogens is 190 g/mol. The van der Waals surface area contributed by atoms with Gasteiger partial charge < -0.3 is 16.0 Å². The van der Waals surface area contributed by atoms with Gasteiger partial charge in [-0.1, -0.05) is 12.1 Å². The summed E-state index contributed by atoms with van der Waals surface area (Å²) in [5, 5.41) is 3.75. The second-order valence-electron chi connectivity index (χ2n) is 3.31. The molecule has 0 saturated heterocycles. The smallest absolute Gasteiger partial charge is 0.191 e. The third-order valence-electron chi connectivity index (χ3n) is 2.20. The summed E-state index contributed by atoms with van der Waals surface area (Å²) in [6.07, 6.45) is 0. The van der Waals surface area contributed by atoms with Crippen LogP contribution in [0.25, 0.3) is 10.9 Å². The molecule has 2 aromatic rings. The minimum absolute atomic E-state index is 0.0175. The van der Waals surface area contributed by atoms with E-state index in [1.54, 1.807) is 12.1 Å². The molecule has 0 saturated carbocycles. The van der Waals surface area contributed by atoms with Crippen LogP contribution in [0.15, 0.2) is 35.1 Å². The lowest BCUT2D eigenvalue weighted by Crippen LogP contribution is -2.15. The summed E-state index contributed by atoms with van der Waals surface area (Å²) in [5.41, 5.74) is 6.23. The summed E-state index contributed by atoms with van der Waals surface area (Å²) < 4.78 is 0. The fraction of sp³-hybridized carbons (Fsp3) is 0.182. The fourth-order valence-corrected chi connectivity index (χ4v) is 1.50. The average molecular weight is 203 g/mol. The maximum absolute atomic E-state index is 11.7. The van der Waals surface area contributed by atoms with Crippen molar-refractivity contribution in [3.05, 3.63) is 40.6 Å². The van der Waals surface area contributed by atoms with Crippen LogP contribution in [0.4, 0.5) is 5.82 Å². The number of anilines is 1. The second kappa shape index (κ2) is 4.14. The van der Waals surface area contributed by atoms with Gasteiger partial charge >= 0.3 is 0 Å². The standard InChI is InChI=1S/C11H13N3O/c12-5-6-13-11-7-10(15)8-3-1-2-4-9(8)14-11/h1-4,7H,5-6,12H2,(H2,13,14,15). The van der Waals surface area contributed by atoms with Crippen LogP contribution in [0.5, 0.6) is 0 Å². The first-order chi connectivity index (χ1) is 7.31. The average Bonchev–Trinajstić information content (AvgIpc) is 2.26. The highest BCUT2D eigenvalue weighted by Crippen LogP contribution is 2.09. The summed E-state index contributed by atoms with van der Waals surface area (Å²) in [4.78, 5) is 14.8. The Kier molecular flexibility index (Phi) is 2.69. The van der Waals surface area contributed by atoms with Crippen LogP contribution in [-0.2, 0) is 0 Å². The Morgan fingerprint density at radius 3 is 2.93 bits per heavy atom. The number of rotatable bonds is 3. The van der Waals surface area contributed by atoms with Crippen molar-refractivity contribution in [3.63, 3.8) is 0 Å². The number of aromatic amines is 1. The normalized spacial score (nSPS) is 10.5. The number of fused-ring (bicyclic) bond motifs is 1. The van der Waals surface area contributed by atoms with E-state index in [4.69, 9.17) is 5.73 Å². The van der Waals surface area contributed by atoms with Gasteiger partial charge in [0.15, 0.2) is 5.43 Å². The van der Waals surface area contributed by atoms with Crippen molar-refractivity contribution in [1.82, 2.24) is 4.98 Å². The zero-order valence-corrected chi connectivity index (χ0v) is 8.29. The Labute approximate surface area is 87.1 Å². The number of benzene rings is 1. The molecular formula is C11H13N3O. The Hall–Kier alpha value is -1.81. The quantitative estimate of drug-likeness (QED) is 0.694. The molecule has 4 nitrogen and oxygen atoms in total. The molecule has 0 aliphatic heterocycles. The van der Waals surface area contributed by atoms with Crippen LogP contribution in [0, 0.1) is 0 Å². The van der Waals surface area contributed by atoms with Crippen molar-refractivity contribution >= 4 is 16.7 Å². The SMILES string of the molecule is NCCNc1cc(=O)c2ccccc2[nH]1. The molecule has 2 rings (SSSR count). The lowest BCUT2D eigenvalue weighted by molar-refractivity contribution is 1.01. The predicted molar refractivity (Wildman–Crippen MR) is 62.1 cm³/mol. The molecule has 4 heteroatoms. The molecule has 4 N–H and O–H groups in total. The van der Waals surface area contributed by atoms with Gasteiger partial charge in [0, 0.05) is 24.5 Å². The molecule has 0 bridgehead atoms. The van der Waals surface area contributed by atoms with Gasteiger partial charge in [0.1, 0.15) is 5.82 Å². The number of hydrogen-bond donors (Lipinski definition) is 3. The summed E-state index contributed by atoms with van der Waals surface area (Å²) in [6, 6.07) is 8.98. The maximum atomic E-state index is 11.7. The van der Waals surface area contributed by atoms with E-state index < -0.39 is 0 Å². The molecule has 0 amide bonds. The van der Waals surface area contributed by atoms with Crippen molar-refractivity contribution < 1.29 is 0 Å². The van der Waals surface area contributed by atoms with Gasteiger partial charge in [-0.05, 0) is 12.1 Å². The summed E-state index contributed by atoms with van der Waals surface area (Å²) in [6.45, 7) is 1.18. The zero-order chi connectivity index (χ0) is 10.7. The number of nitrogens with one attached hydrogen (secondary N) is 2. The van der Waals surface area contributed by atoms with Crippen LogP contribution >= 0.6 is 0 Å². The third-order valence-corrected chi connectivity index (χ3v) is 2.20. The largest absolute Gasteiger partial charge is 0.370 e. The molecule has 0 atom stereocenters. The van der Waals surface area contributed by atoms with Crippen LogP contribution in [0.2, 0.25) is 0 Å². The molecule has 15 heavy (non-hydrogen) atoms. The van der Waals surface area contributed by atoms with Crippen LogP contribution in [0.3, 0.4) is 0 Å². The molecule has 1 heterocycles. The van der Waals surface area contributed by atoms with E-state index in [9.17, 15) is 4.79 Å². The highest BCUT2D eigenvalue weighted by molar-refractivity contribution is 5.79. The first-order valence-electron chi connectivity index (χ1n) is 4.87. The Morgan fingerprint density at radius 2 is 2.13 bits per heavy atom. The van der Waals surface area contributed by atoms with E-state index in [-0.39, 0.29) is 5.43 Å². The molecule has 0 aliphatic carbocycles. The van der Waals surface area contributed by atoms with Gasteiger partial charge in [0.25, 0.3) is 0 Å². The van der Waals surface area contributed by atoms with Gasteiger partial charge in [0.05, 0.1) is 5.52 Å². The van der Waals surface area contributed by atoms with Crippen molar-refractivity contribution in [3.8, 4) is 0 Å². The third kappa shape index (κ3) is 1.99. The number of nitrogens with two attached hydrogens (primary N) is 1. The van der Waals surface area contributed by atoms with Crippen LogP contribution in [0.1, 0.15) is 0 Å². The minimum atomic E-state index is 0.0175. The second-order valence-corrected chi connectivity index (χ2v) is 3.31. The molecule has 0 aliphatic rings. The minimum Gasteiger partial charge on any atom is -0.370 e. The number of aromatic nitrogens is 1. The van der Waals surface area contributed by atoms with Gasteiger partial charge in [0.2, 0.25) is 0 Å². The number of H-pyrrole nitrogens is 1. The monoisotopic (exact) mass is 203 g/mol. The number of hydrogen-bond acceptors (Lipinski definition) is 3. The summed E-state index contributed by atoms with van der Waals surface area (Å²) >= 11 is 0. The van der Waals surface area contributed by atoms with Crippen molar-refractivity contribution in [2.75, 3.05) is 18.4 Å². The van der Waals surface area contributed by atoms with Crippen molar-refractivity contribution in [2.24, 2.45) is 5.73 Å². The molecule has 0 spiro atoms. The summed E-state index contributed by atoms with van der Waals surface area (Å²) in [5.74, 6) is 0.712. The van der Waals surface area contributed by atoms with Crippen molar-refractivity contribution in [1.29, 1.82) is 0 Å². The summed E-state index contributed by atoms with van der Waals surface area (Å²) in [7, 11) is 0. The Bertz CT molecular complexity index is 518. The topological polar surface area (TPSA) is 70.9 Å². The van der Waals surface area contributed by atoms with E-state index >= 15 is 0 Å². The number of pyridine rings is 1. The van der Waals surface area contributed by atoms with Crippen LogP contribution < -0.4 is 16.5 Å². The van der Waals surface area contributed by atoms with Gasteiger partial charge in [-0.2, -0.15) is 0 Å². The zero-order valence-electron chi connectivity index (χ0n) is 8.29. The van der Waals surface area contributed by atoms with E-state index in [2.05, 4.69) is 10.3 Å². The van der Waals surface area contributed by atoms with E-state index in [0.717, 1.165) is 5.52 Å². The molecule has 1 aromatic carbocycles. The van der Waals surface area contributed by atoms with E-state index in [1.807, 2.05) is 18.2 Å². The lowest BCUT2D eigenvalue weighted by Gasteiger charge is -2.05. The predicted octanol–water partition coefficient (Wildman–Crippen LogP) is 0.899. The first-order valence-corrected chi connectivity index (χ1v) is 4.87. The van der Waals surface area contributed by atoms with E-state index in [0.29, 0.717) is 24.3 Å². The van der Waals surface area contributed by atoms with Gasteiger partial charge in [-0.3, -0.25) is 4.79 Å². The van der Waals surface area contributed by atoms with Crippen molar-refractivity contribution in [2.45, 2.75) is 0 Å². The molecule has 0 radical (unpaired) electrons. The Balaban J connectivity index is 2.48.